The zero-order valence-electron chi connectivity index (χ0n) is 12.9. The van der Waals surface area contributed by atoms with Gasteiger partial charge in [-0.2, -0.15) is 5.10 Å². The van der Waals surface area contributed by atoms with Crippen LogP contribution in [0, 0.1) is 6.57 Å². The zero-order valence-corrected chi connectivity index (χ0v) is 13.7. The van der Waals surface area contributed by atoms with Crippen LogP contribution in [0.4, 0.5) is 5.82 Å². The van der Waals surface area contributed by atoms with Crippen molar-refractivity contribution in [2.24, 2.45) is 0 Å². The molecule has 5 nitrogen and oxygen atoms in total. The van der Waals surface area contributed by atoms with Crippen LogP contribution in [-0.2, 0) is 0 Å². The van der Waals surface area contributed by atoms with Crippen LogP contribution in [0.25, 0.3) is 10.5 Å². The highest BCUT2D eigenvalue weighted by molar-refractivity contribution is 7.11. The summed E-state index contributed by atoms with van der Waals surface area (Å²) < 4.78 is 5.54. The van der Waals surface area contributed by atoms with Gasteiger partial charge in [0.15, 0.2) is 0 Å². The molecule has 0 radical (unpaired) electrons. The Kier molecular flexibility index (Phi) is 3.56. The number of anilines is 1. The maximum atomic E-state index is 7.79. The van der Waals surface area contributed by atoms with Crippen LogP contribution in [0.1, 0.15) is 21.9 Å². The van der Waals surface area contributed by atoms with E-state index in [2.05, 4.69) is 20.4 Å². The Morgan fingerprint density at radius 1 is 1.21 bits per heavy atom. The number of hydrogen-bond acceptors (Lipinski definition) is 4. The number of thiophene rings is 1. The number of hydrogen-bond donors (Lipinski definition) is 2. The molecule has 3 heterocycles. The molecule has 2 aromatic heterocycles. The van der Waals surface area contributed by atoms with Gasteiger partial charge in [0, 0.05) is 10.4 Å². The van der Waals surface area contributed by atoms with Crippen LogP contribution in [0.15, 0.2) is 53.7 Å². The van der Waals surface area contributed by atoms with Crippen molar-refractivity contribution in [2.75, 3.05) is 12.4 Å². The molecule has 24 heavy (non-hydrogen) atoms. The predicted octanol–water partition coefficient (Wildman–Crippen LogP) is 4.33. The monoisotopic (exact) mass is 334 g/mol. The molecule has 0 saturated carbocycles. The molecular weight excluding hydrogens is 320 g/mol. The third kappa shape index (κ3) is 2.18. The van der Waals surface area contributed by atoms with E-state index in [1.165, 1.54) is 0 Å². The average molecular weight is 334 g/mol. The lowest BCUT2D eigenvalue weighted by Gasteiger charge is -2.26. The van der Waals surface area contributed by atoms with Crippen LogP contribution in [-0.4, -0.2) is 17.3 Å². The highest BCUT2D eigenvalue weighted by Crippen LogP contribution is 2.46. The Morgan fingerprint density at radius 2 is 2.08 bits per heavy atom. The number of allylic oxidation sites excluding steroid dienone is 1. The second-order valence-corrected chi connectivity index (χ2v) is 6.30. The van der Waals surface area contributed by atoms with E-state index in [9.17, 15) is 0 Å². The highest BCUT2D eigenvalue weighted by atomic mass is 32.1. The quantitative estimate of drug-likeness (QED) is 0.701. The number of nitrogens with one attached hydrogen (secondary N) is 2. The average Bonchev–Trinajstić information content (AvgIpc) is 3.31. The van der Waals surface area contributed by atoms with Crippen molar-refractivity contribution in [3.63, 3.8) is 0 Å². The lowest BCUT2D eigenvalue weighted by atomic mass is 9.86. The number of ether oxygens (including phenoxy) is 1. The lowest BCUT2D eigenvalue weighted by molar-refractivity contribution is 0.409. The molecule has 1 aliphatic rings. The summed E-state index contributed by atoms with van der Waals surface area (Å²) in [5.74, 6) is 1.37. The van der Waals surface area contributed by atoms with Crippen LogP contribution < -0.4 is 10.1 Å². The second-order valence-electron chi connectivity index (χ2n) is 5.35. The molecule has 6 heteroatoms. The Morgan fingerprint density at radius 3 is 2.83 bits per heavy atom. The SMILES string of the molecule is [C-]#[N+]C1=C(c2cccs2)Nc2[nH]ncc2C1c1ccccc1OC. The van der Waals surface area contributed by atoms with Gasteiger partial charge in [0.05, 0.1) is 31.5 Å². The third-order valence-electron chi connectivity index (χ3n) is 4.10. The minimum atomic E-state index is -0.217. The van der Waals surface area contributed by atoms with E-state index in [0.717, 1.165) is 33.3 Å². The molecule has 4 rings (SSSR count). The minimum Gasteiger partial charge on any atom is -0.496 e. The summed E-state index contributed by atoms with van der Waals surface area (Å²) >= 11 is 1.60. The first-order valence-electron chi connectivity index (χ1n) is 7.42. The van der Waals surface area contributed by atoms with Gasteiger partial charge in [-0.25, -0.2) is 4.85 Å². The Bertz CT molecular complexity index is 950. The molecule has 0 amide bonds. The molecule has 2 N–H and O–H groups in total. The predicted molar refractivity (Wildman–Crippen MR) is 94.9 cm³/mol. The minimum absolute atomic E-state index is 0.217. The van der Waals surface area contributed by atoms with E-state index in [1.54, 1.807) is 24.6 Å². The number of fused-ring (bicyclic) bond motifs is 1. The zero-order chi connectivity index (χ0) is 16.5. The molecule has 0 fully saturated rings. The molecule has 1 aliphatic heterocycles. The van der Waals surface area contributed by atoms with Crippen molar-refractivity contribution >= 4 is 22.9 Å². The number of aromatic amines is 1. The van der Waals surface area contributed by atoms with E-state index in [4.69, 9.17) is 11.3 Å². The number of para-hydroxylation sites is 1. The van der Waals surface area contributed by atoms with Crippen molar-refractivity contribution in [3.05, 3.63) is 81.1 Å². The summed E-state index contributed by atoms with van der Waals surface area (Å²) in [5.41, 5.74) is 3.39. The number of nitrogens with zero attached hydrogens (tertiary/aromatic N) is 2. The number of aromatic nitrogens is 2. The summed E-state index contributed by atoms with van der Waals surface area (Å²) in [6.07, 6.45) is 1.77. The summed E-state index contributed by atoms with van der Waals surface area (Å²) in [6, 6.07) is 11.8. The maximum absolute atomic E-state index is 7.79. The molecule has 1 unspecified atom stereocenters. The fraction of sp³-hybridized carbons (Fsp3) is 0.111. The van der Waals surface area contributed by atoms with Gasteiger partial charge in [-0.1, -0.05) is 24.3 Å². The second kappa shape index (κ2) is 5.87. The van der Waals surface area contributed by atoms with Gasteiger partial charge in [0.2, 0.25) is 5.70 Å². The van der Waals surface area contributed by atoms with Crippen LogP contribution in [0.2, 0.25) is 0 Å². The number of methoxy groups -OCH3 is 1. The third-order valence-corrected chi connectivity index (χ3v) is 4.98. The Balaban J connectivity index is 1.98. The summed E-state index contributed by atoms with van der Waals surface area (Å²) in [6.45, 7) is 7.79. The first-order chi connectivity index (χ1) is 11.8. The van der Waals surface area contributed by atoms with E-state index in [1.807, 2.05) is 41.8 Å². The lowest BCUT2D eigenvalue weighted by Crippen LogP contribution is -2.16. The largest absolute Gasteiger partial charge is 0.496 e. The van der Waals surface area contributed by atoms with Gasteiger partial charge in [0.25, 0.3) is 0 Å². The van der Waals surface area contributed by atoms with Gasteiger partial charge in [-0.15, -0.1) is 11.3 Å². The Hall–Kier alpha value is -3.04. The highest BCUT2D eigenvalue weighted by Gasteiger charge is 2.34. The van der Waals surface area contributed by atoms with Gasteiger partial charge in [-0.3, -0.25) is 5.10 Å². The fourth-order valence-corrected chi connectivity index (χ4v) is 3.78. The summed E-state index contributed by atoms with van der Waals surface area (Å²) in [4.78, 5) is 4.90. The van der Waals surface area contributed by atoms with E-state index >= 15 is 0 Å². The normalized spacial score (nSPS) is 16.2. The number of H-pyrrole nitrogens is 1. The molecule has 0 spiro atoms. The molecule has 1 aromatic carbocycles. The fourth-order valence-electron chi connectivity index (χ4n) is 3.04. The standard InChI is InChI=1S/C18H14N4OS/c1-19-17-15(11-6-3-4-7-13(11)23-2)12-10-20-22-18(12)21-16(17)14-8-5-9-24-14/h3-10,15H,2H3,(H2,20,21,22). The van der Waals surface area contributed by atoms with E-state index < -0.39 is 0 Å². The smallest absolute Gasteiger partial charge is 0.201 e. The summed E-state index contributed by atoms with van der Waals surface area (Å²) in [5, 5.41) is 12.5. The van der Waals surface area contributed by atoms with Crippen LogP contribution in [0.3, 0.4) is 0 Å². The van der Waals surface area contributed by atoms with Gasteiger partial charge < -0.3 is 10.1 Å². The van der Waals surface area contributed by atoms with Crippen molar-refractivity contribution in [2.45, 2.75) is 5.92 Å². The molecule has 0 bridgehead atoms. The Labute approximate surface area is 143 Å². The van der Waals surface area contributed by atoms with Crippen molar-refractivity contribution < 1.29 is 4.74 Å². The van der Waals surface area contributed by atoms with Crippen LogP contribution >= 0.6 is 11.3 Å². The van der Waals surface area contributed by atoms with E-state index in [0.29, 0.717) is 5.70 Å². The first kappa shape index (κ1) is 14.5. The maximum Gasteiger partial charge on any atom is 0.201 e. The molecular formula is C18H14N4OS. The molecule has 0 aliphatic carbocycles. The molecule has 3 aromatic rings. The van der Waals surface area contributed by atoms with E-state index in [-0.39, 0.29) is 5.92 Å². The number of benzene rings is 1. The van der Waals surface area contributed by atoms with Gasteiger partial charge in [0.1, 0.15) is 11.6 Å². The molecule has 118 valence electrons. The molecule has 0 saturated heterocycles. The van der Waals surface area contributed by atoms with Crippen molar-refractivity contribution in [1.82, 2.24) is 10.2 Å². The van der Waals surface area contributed by atoms with Crippen molar-refractivity contribution in [1.29, 1.82) is 0 Å². The first-order valence-corrected chi connectivity index (χ1v) is 8.30. The summed E-state index contributed by atoms with van der Waals surface area (Å²) in [7, 11) is 1.65. The van der Waals surface area contributed by atoms with Gasteiger partial charge >= 0.3 is 0 Å². The number of rotatable bonds is 3. The van der Waals surface area contributed by atoms with Gasteiger partial charge in [-0.05, 0) is 23.1 Å². The van der Waals surface area contributed by atoms with Crippen LogP contribution in [0.5, 0.6) is 5.75 Å². The van der Waals surface area contributed by atoms with Crippen molar-refractivity contribution in [3.8, 4) is 5.75 Å². The topological polar surface area (TPSA) is 54.3 Å². The molecule has 1 atom stereocenters.